The number of para-hydroxylation sites is 1. The number of carbonyl (C=O) groups excluding carboxylic acids is 1. The number of hydrogen-bond donors (Lipinski definition) is 1. The van der Waals surface area contributed by atoms with Gasteiger partial charge in [-0.25, -0.2) is 0 Å². The molecule has 1 aromatic heterocycles. The number of fused-ring (bicyclic) bond motifs is 2. The van der Waals surface area contributed by atoms with E-state index < -0.39 is 0 Å². The van der Waals surface area contributed by atoms with Crippen molar-refractivity contribution < 1.29 is 14.3 Å². The number of benzene rings is 3. The summed E-state index contributed by atoms with van der Waals surface area (Å²) in [5, 5.41) is 8.77. The number of carbonyl (C=O) groups is 1. The summed E-state index contributed by atoms with van der Waals surface area (Å²) in [6.07, 6.45) is 0. The van der Waals surface area contributed by atoms with Gasteiger partial charge in [-0.1, -0.05) is 48.5 Å². The molecule has 0 radical (unpaired) electrons. The first-order valence-electron chi connectivity index (χ1n) is 9.44. The Bertz CT molecular complexity index is 1180. The molecule has 144 valence electrons. The fraction of sp³-hybridized carbons (Fsp3) is 0.130. The normalized spacial score (nSPS) is 12.3. The zero-order valence-electron chi connectivity index (χ0n) is 15.7. The van der Waals surface area contributed by atoms with E-state index in [1.807, 2.05) is 41.1 Å². The van der Waals surface area contributed by atoms with Crippen LogP contribution in [0.15, 0.2) is 72.8 Å². The average Bonchev–Trinajstić information content (AvgIpc) is 3.37. The maximum atomic E-state index is 12.6. The highest BCUT2D eigenvalue weighted by Gasteiger charge is 2.17. The molecule has 0 saturated heterocycles. The van der Waals surface area contributed by atoms with Crippen molar-refractivity contribution in [1.29, 1.82) is 0 Å². The minimum Gasteiger partial charge on any atom is -0.454 e. The zero-order chi connectivity index (χ0) is 19.6. The van der Waals surface area contributed by atoms with Crippen molar-refractivity contribution in [2.24, 2.45) is 0 Å². The van der Waals surface area contributed by atoms with Gasteiger partial charge in [0.1, 0.15) is 0 Å². The Morgan fingerprint density at radius 2 is 1.76 bits per heavy atom. The number of aromatic nitrogens is 2. The number of ether oxygens (including phenoxy) is 2. The zero-order valence-corrected chi connectivity index (χ0v) is 15.7. The Hall–Kier alpha value is -3.80. The quantitative estimate of drug-likeness (QED) is 0.568. The van der Waals surface area contributed by atoms with Crippen LogP contribution < -0.4 is 14.8 Å². The number of rotatable bonds is 5. The minimum absolute atomic E-state index is 0.176. The second-order valence-electron chi connectivity index (χ2n) is 6.86. The lowest BCUT2D eigenvalue weighted by Gasteiger charge is -2.05. The van der Waals surface area contributed by atoms with Gasteiger partial charge in [0.2, 0.25) is 6.79 Å². The molecule has 1 N–H and O–H groups in total. The lowest BCUT2D eigenvalue weighted by Crippen LogP contribution is -2.23. The van der Waals surface area contributed by atoms with Crippen LogP contribution in [0.4, 0.5) is 0 Å². The van der Waals surface area contributed by atoms with Crippen LogP contribution >= 0.6 is 0 Å². The maximum Gasteiger partial charge on any atom is 0.251 e. The van der Waals surface area contributed by atoms with Gasteiger partial charge in [0.25, 0.3) is 5.91 Å². The molecule has 6 heteroatoms. The first kappa shape index (κ1) is 17.3. The van der Waals surface area contributed by atoms with Crippen molar-refractivity contribution in [3.05, 3.63) is 89.6 Å². The summed E-state index contributed by atoms with van der Waals surface area (Å²) >= 11 is 0. The van der Waals surface area contributed by atoms with Crippen LogP contribution in [0.3, 0.4) is 0 Å². The first-order chi connectivity index (χ1) is 14.3. The third-order valence-corrected chi connectivity index (χ3v) is 4.96. The van der Waals surface area contributed by atoms with Crippen molar-refractivity contribution in [1.82, 2.24) is 15.1 Å². The monoisotopic (exact) mass is 385 g/mol. The van der Waals surface area contributed by atoms with E-state index in [4.69, 9.17) is 14.6 Å². The van der Waals surface area contributed by atoms with Crippen LogP contribution in [-0.2, 0) is 13.1 Å². The molecule has 3 aromatic carbocycles. The Balaban J connectivity index is 1.37. The van der Waals surface area contributed by atoms with E-state index >= 15 is 0 Å². The van der Waals surface area contributed by atoms with Gasteiger partial charge in [-0.3, -0.25) is 9.48 Å². The fourth-order valence-electron chi connectivity index (χ4n) is 3.51. The Kier molecular flexibility index (Phi) is 4.37. The summed E-state index contributed by atoms with van der Waals surface area (Å²) in [6, 6.07) is 23.5. The molecule has 4 aromatic rings. The van der Waals surface area contributed by atoms with Crippen LogP contribution in [0.25, 0.3) is 10.9 Å². The number of hydrogen-bond acceptors (Lipinski definition) is 4. The molecule has 29 heavy (non-hydrogen) atoms. The smallest absolute Gasteiger partial charge is 0.251 e. The largest absolute Gasteiger partial charge is 0.454 e. The van der Waals surface area contributed by atoms with E-state index in [0.717, 1.165) is 16.6 Å². The van der Waals surface area contributed by atoms with Gasteiger partial charge in [-0.05, 0) is 29.8 Å². The molecule has 1 aliphatic heterocycles. The van der Waals surface area contributed by atoms with E-state index in [0.29, 0.717) is 30.2 Å². The fourth-order valence-corrected chi connectivity index (χ4v) is 3.51. The topological polar surface area (TPSA) is 65.4 Å². The lowest BCUT2D eigenvalue weighted by atomic mass is 10.1. The highest BCUT2D eigenvalue weighted by Crippen LogP contribution is 2.32. The summed E-state index contributed by atoms with van der Waals surface area (Å²) < 4.78 is 12.6. The second kappa shape index (κ2) is 7.31. The molecule has 0 atom stereocenters. The van der Waals surface area contributed by atoms with Gasteiger partial charge in [0, 0.05) is 10.9 Å². The molecule has 0 unspecified atom stereocenters. The summed E-state index contributed by atoms with van der Waals surface area (Å²) in [6.45, 7) is 1.21. The number of nitrogens with zero attached hydrogens (tertiary/aromatic N) is 2. The molecule has 0 spiro atoms. The summed E-state index contributed by atoms with van der Waals surface area (Å²) in [5.74, 6) is 1.08. The van der Waals surface area contributed by atoms with Gasteiger partial charge < -0.3 is 14.8 Å². The molecule has 0 aliphatic carbocycles. The molecule has 6 nitrogen and oxygen atoms in total. The van der Waals surface area contributed by atoms with Gasteiger partial charge >= 0.3 is 0 Å². The molecule has 2 heterocycles. The van der Waals surface area contributed by atoms with Crippen LogP contribution in [0.2, 0.25) is 0 Å². The van der Waals surface area contributed by atoms with Crippen LogP contribution in [-0.4, -0.2) is 22.5 Å². The summed E-state index contributed by atoms with van der Waals surface area (Å²) in [7, 11) is 0. The van der Waals surface area contributed by atoms with Crippen molar-refractivity contribution in [3.8, 4) is 11.5 Å². The second-order valence-corrected chi connectivity index (χ2v) is 6.86. The molecule has 1 amide bonds. The molecule has 0 fully saturated rings. The summed E-state index contributed by atoms with van der Waals surface area (Å²) in [5.41, 5.74) is 3.59. The predicted molar refractivity (Wildman–Crippen MR) is 109 cm³/mol. The number of nitrogens with one attached hydrogen (secondary N) is 1. The van der Waals surface area contributed by atoms with E-state index in [1.165, 1.54) is 5.56 Å². The van der Waals surface area contributed by atoms with Gasteiger partial charge in [0.05, 0.1) is 24.3 Å². The maximum absolute atomic E-state index is 12.6. The third kappa shape index (κ3) is 3.40. The SMILES string of the molecule is O=C(NCc1nn(Cc2ccccc2)c2ccccc12)c1ccc2c(c1)OCO2. The van der Waals surface area contributed by atoms with Crippen LogP contribution in [0, 0.1) is 0 Å². The lowest BCUT2D eigenvalue weighted by molar-refractivity contribution is 0.0950. The molecular formula is C23H19N3O3. The van der Waals surface area contributed by atoms with Gasteiger partial charge in [-0.2, -0.15) is 5.10 Å². The third-order valence-electron chi connectivity index (χ3n) is 4.96. The van der Waals surface area contributed by atoms with Gasteiger partial charge in [-0.15, -0.1) is 0 Å². The summed E-state index contributed by atoms with van der Waals surface area (Å²) in [4.78, 5) is 12.6. The molecule has 5 rings (SSSR count). The highest BCUT2D eigenvalue weighted by molar-refractivity contribution is 5.95. The average molecular weight is 385 g/mol. The van der Waals surface area contributed by atoms with Crippen LogP contribution in [0.1, 0.15) is 21.6 Å². The predicted octanol–water partition coefficient (Wildman–Crippen LogP) is 3.74. The van der Waals surface area contributed by atoms with Crippen molar-refractivity contribution in [2.75, 3.05) is 6.79 Å². The molecule has 0 saturated carbocycles. The van der Waals surface area contributed by atoms with Crippen LogP contribution in [0.5, 0.6) is 11.5 Å². The molecule has 0 bridgehead atoms. The van der Waals surface area contributed by atoms with Crippen molar-refractivity contribution in [2.45, 2.75) is 13.1 Å². The van der Waals surface area contributed by atoms with Crippen molar-refractivity contribution in [3.63, 3.8) is 0 Å². The molecular weight excluding hydrogens is 366 g/mol. The molecule has 1 aliphatic rings. The Morgan fingerprint density at radius 1 is 0.966 bits per heavy atom. The number of amides is 1. The Labute approximate surface area is 167 Å². The van der Waals surface area contributed by atoms with Crippen molar-refractivity contribution >= 4 is 16.8 Å². The first-order valence-corrected chi connectivity index (χ1v) is 9.44. The van der Waals surface area contributed by atoms with E-state index in [9.17, 15) is 4.79 Å². The Morgan fingerprint density at radius 3 is 2.66 bits per heavy atom. The standard InChI is InChI=1S/C23H19N3O3/c27-23(17-10-11-21-22(12-17)29-15-28-21)24-13-19-18-8-4-5-9-20(18)26(25-19)14-16-6-2-1-3-7-16/h1-12H,13-15H2,(H,24,27). The minimum atomic E-state index is -0.176. The van der Waals surface area contributed by atoms with E-state index in [2.05, 4.69) is 23.5 Å². The van der Waals surface area contributed by atoms with Gasteiger partial charge in [0.15, 0.2) is 11.5 Å². The van der Waals surface area contributed by atoms with E-state index in [1.54, 1.807) is 18.2 Å². The highest BCUT2D eigenvalue weighted by atomic mass is 16.7. The van der Waals surface area contributed by atoms with E-state index in [-0.39, 0.29) is 12.7 Å².